The molecule has 63 heavy (non-hydrogen) atoms. The molecule has 0 heterocycles. The second kappa shape index (κ2) is 14.4. The van der Waals surface area contributed by atoms with E-state index in [0.29, 0.717) is 0 Å². The van der Waals surface area contributed by atoms with Crippen molar-refractivity contribution < 1.29 is 0 Å². The van der Waals surface area contributed by atoms with E-state index >= 15 is 0 Å². The van der Waals surface area contributed by atoms with Gasteiger partial charge in [-0.25, -0.2) is 0 Å². The van der Waals surface area contributed by atoms with Crippen molar-refractivity contribution in [2.24, 2.45) is 0 Å². The minimum absolute atomic E-state index is 0.131. The van der Waals surface area contributed by atoms with Crippen molar-refractivity contribution in [2.45, 2.75) is 24.7 Å². The number of fused-ring (bicyclic) bond motifs is 7. The van der Waals surface area contributed by atoms with Crippen LogP contribution in [0.5, 0.6) is 0 Å². The van der Waals surface area contributed by atoms with E-state index in [-0.39, 0.29) is 5.41 Å². The van der Waals surface area contributed by atoms with E-state index < -0.39 is 5.41 Å². The van der Waals surface area contributed by atoms with E-state index in [1.165, 1.54) is 88.7 Å². The first-order valence-corrected chi connectivity index (χ1v) is 22.1. The lowest BCUT2D eigenvalue weighted by molar-refractivity contribution is 0.660. The average Bonchev–Trinajstić information content (AvgIpc) is 3.78. The molecule has 0 atom stereocenters. The molecule has 1 heteroatoms. The van der Waals surface area contributed by atoms with Crippen LogP contribution in [0.4, 0.5) is 17.1 Å². The van der Waals surface area contributed by atoms with Crippen LogP contribution in [0.1, 0.15) is 47.2 Å². The third-order valence-electron chi connectivity index (χ3n) is 14.0. The van der Waals surface area contributed by atoms with Gasteiger partial charge in [0.2, 0.25) is 0 Å². The molecule has 298 valence electrons. The summed E-state index contributed by atoms with van der Waals surface area (Å²) in [4.78, 5) is 2.48. The van der Waals surface area contributed by atoms with Crippen LogP contribution in [-0.2, 0) is 10.8 Å². The highest BCUT2D eigenvalue weighted by molar-refractivity contribution is 6.00. The fourth-order valence-corrected chi connectivity index (χ4v) is 11.1. The maximum Gasteiger partial charge on any atom is 0.0713 e. The SMILES string of the molecule is CC1(C)c2ccccc2-c2ccc(N(c3ccc(-c4ccccc4)c(-c4ccc(C5(c6ccccc6)c6ccccc6-c6ccccc65)cc4)c3)c3cccc4ccccc34)cc21. The highest BCUT2D eigenvalue weighted by Gasteiger charge is 2.46. The quantitative estimate of drug-likeness (QED) is 0.155. The molecule has 0 radical (unpaired) electrons. The molecule has 0 saturated heterocycles. The predicted octanol–water partition coefficient (Wildman–Crippen LogP) is 16.3. The zero-order chi connectivity index (χ0) is 42.1. The molecule has 0 N–H and O–H groups in total. The molecule has 2 aliphatic rings. The predicted molar refractivity (Wildman–Crippen MR) is 264 cm³/mol. The molecular formula is C62H45N. The van der Waals surface area contributed by atoms with Crippen LogP contribution in [0.3, 0.4) is 0 Å². The van der Waals surface area contributed by atoms with Gasteiger partial charge in [-0.3, -0.25) is 0 Å². The number of nitrogens with zero attached hydrogens (tertiary/aromatic N) is 1. The van der Waals surface area contributed by atoms with Crippen LogP contribution in [-0.4, -0.2) is 0 Å². The Morgan fingerprint density at radius 3 is 1.51 bits per heavy atom. The van der Waals surface area contributed by atoms with Crippen LogP contribution in [0.25, 0.3) is 55.3 Å². The molecule has 0 bridgehead atoms. The maximum atomic E-state index is 2.48. The van der Waals surface area contributed by atoms with Crippen LogP contribution in [0.2, 0.25) is 0 Å². The lowest BCUT2D eigenvalue weighted by Gasteiger charge is -2.34. The van der Waals surface area contributed by atoms with Gasteiger partial charge in [-0.1, -0.05) is 220 Å². The van der Waals surface area contributed by atoms with E-state index in [1.807, 2.05) is 0 Å². The van der Waals surface area contributed by atoms with Gasteiger partial charge >= 0.3 is 0 Å². The third kappa shape index (κ3) is 5.63. The zero-order valence-electron chi connectivity index (χ0n) is 35.5. The molecule has 1 nitrogen and oxygen atoms in total. The topological polar surface area (TPSA) is 3.24 Å². The monoisotopic (exact) mass is 803 g/mol. The highest BCUT2D eigenvalue weighted by atomic mass is 15.1. The Morgan fingerprint density at radius 1 is 0.317 bits per heavy atom. The second-order valence-corrected chi connectivity index (χ2v) is 17.6. The van der Waals surface area contributed by atoms with Crippen molar-refractivity contribution in [3.05, 3.63) is 270 Å². The fourth-order valence-electron chi connectivity index (χ4n) is 11.1. The summed E-state index contributed by atoms with van der Waals surface area (Å²) in [5.41, 5.74) is 20.7. The Morgan fingerprint density at radius 2 is 0.810 bits per heavy atom. The van der Waals surface area contributed by atoms with Crippen molar-refractivity contribution in [1.82, 2.24) is 0 Å². The van der Waals surface area contributed by atoms with Gasteiger partial charge in [-0.05, 0) is 114 Å². The number of anilines is 3. The molecule has 0 aliphatic heterocycles. The van der Waals surface area contributed by atoms with Crippen LogP contribution in [0, 0.1) is 0 Å². The van der Waals surface area contributed by atoms with Gasteiger partial charge in [0.15, 0.2) is 0 Å². The molecule has 0 fully saturated rings. The van der Waals surface area contributed by atoms with E-state index in [4.69, 9.17) is 0 Å². The van der Waals surface area contributed by atoms with Gasteiger partial charge in [0, 0.05) is 22.2 Å². The Hall–Kier alpha value is -7.74. The van der Waals surface area contributed by atoms with Crippen molar-refractivity contribution in [3.8, 4) is 44.5 Å². The number of hydrogen-bond donors (Lipinski definition) is 0. The third-order valence-corrected chi connectivity index (χ3v) is 14.0. The van der Waals surface area contributed by atoms with E-state index in [2.05, 4.69) is 255 Å². The van der Waals surface area contributed by atoms with E-state index in [0.717, 1.165) is 17.1 Å². The summed E-state index contributed by atoms with van der Waals surface area (Å²) in [6, 6.07) is 87.8. The lowest BCUT2D eigenvalue weighted by Crippen LogP contribution is -2.28. The Kier molecular flexibility index (Phi) is 8.49. The van der Waals surface area contributed by atoms with Gasteiger partial charge < -0.3 is 4.90 Å². The number of benzene rings is 10. The summed E-state index contributed by atoms with van der Waals surface area (Å²) >= 11 is 0. The van der Waals surface area contributed by atoms with Crippen molar-refractivity contribution in [3.63, 3.8) is 0 Å². The molecule has 0 spiro atoms. The maximum absolute atomic E-state index is 2.48. The molecular weight excluding hydrogens is 759 g/mol. The number of hydrogen-bond acceptors (Lipinski definition) is 1. The summed E-state index contributed by atoms with van der Waals surface area (Å²) < 4.78 is 0. The number of rotatable bonds is 7. The molecule has 12 rings (SSSR count). The summed E-state index contributed by atoms with van der Waals surface area (Å²) in [6.45, 7) is 4.73. The standard InChI is InChI=1S/C62H45N/c1-61(2)56-28-14-11-25-51(56)54-39-37-48(41-59(54)61)63(60-31-17-21-43-20-9-10-24-50(43)60)47-36-38-49(42-18-5-3-6-19-42)55(40-47)44-32-34-46(35-33-44)62(45-22-7-4-8-23-45)57-29-15-12-26-52(57)53-27-13-16-30-58(53)62/h3-41H,1-2H3. The van der Waals surface area contributed by atoms with Crippen molar-refractivity contribution >= 4 is 27.8 Å². The van der Waals surface area contributed by atoms with Crippen LogP contribution in [0.15, 0.2) is 237 Å². The zero-order valence-corrected chi connectivity index (χ0v) is 35.5. The molecule has 2 aliphatic carbocycles. The lowest BCUT2D eigenvalue weighted by atomic mass is 9.67. The first-order valence-electron chi connectivity index (χ1n) is 22.1. The molecule has 0 saturated carbocycles. The van der Waals surface area contributed by atoms with Crippen LogP contribution < -0.4 is 4.90 Å². The summed E-state index contributed by atoms with van der Waals surface area (Å²) in [6.07, 6.45) is 0. The fraction of sp³-hybridized carbons (Fsp3) is 0.0645. The summed E-state index contributed by atoms with van der Waals surface area (Å²) in [5, 5.41) is 2.43. The Labute approximate surface area is 370 Å². The Bertz CT molecular complexity index is 3310. The largest absolute Gasteiger partial charge is 0.310 e. The molecule has 0 amide bonds. The normalized spacial score (nSPS) is 13.8. The smallest absolute Gasteiger partial charge is 0.0713 e. The molecule has 10 aromatic rings. The summed E-state index contributed by atoms with van der Waals surface area (Å²) in [5.74, 6) is 0. The first-order chi connectivity index (χ1) is 31.0. The van der Waals surface area contributed by atoms with Gasteiger partial charge in [-0.15, -0.1) is 0 Å². The van der Waals surface area contributed by atoms with Gasteiger partial charge in [0.1, 0.15) is 0 Å². The second-order valence-electron chi connectivity index (χ2n) is 17.6. The van der Waals surface area contributed by atoms with Crippen molar-refractivity contribution in [2.75, 3.05) is 4.90 Å². The van der Waals surface area contributed by atoms with Gasteiger partial charge in [0.25, 0.3) is 0 Å². The highest BCUT2D eigenvalue weighted by Crippen LogP contribution is 2.57. The van der Waals surface area contributed by atoms with Crippen molar-refractivity contribution in [1.29, 1.82) is 0 Å². The minimum Gasteiger partial charge on any atom is -0.310 e. The summed E-state index contributed by atoms with van der Waals surface area (Å²) in [7, 11) is 0. The van der Waals surface area contributed by atoms with Gasteiger partial charge in [0.05, 0.1) is 11.1 Å². The molecule has 0 unspecified atom stereocenters. The minimum atomic E-state index is -0.455. The van der Waals surface area contributed by atoms with Crippen LogP contribution >= 0.6 is 0 Å². The molecule has 0 aromatic heterocycles. The van der Waals surface area contributed by atoms with E-state index in [1.54, 1.807) is 0 Å². The molecule has 10 aromatic carbocycles. The first kappa shape index (κ1) is 37.1. The van der Waals surface area contributed by atoms with Gasteiger partial charge in [-0.2, -0.15) is 0 Å². The van der Waals surface area contributed by atoms with E-state index in [9.17, 15) is 0 Å². The average molecular weight is 804 g/mol. The Balaban J connectivity index is 1.06.